The van der Waals surface area contributed by atoms with Gasteiger partial charge in [-0.05, 0) is 25.2 Å². The van der Waals surface area contributed by atoms with Crippen molar-refractivity contribution in [2.24, 2.45) is 12.5 Å². The molecule has 1 aromatic heterocycles. The molecule has 1 heterocycles. The maximum Gasteiger partial charge on any atom is 0.322 e. The highest BCUT2D eigenvalue weighted by Gasteiger charge is 2.29. The van der Waals surface area contributed by atoms with Crippen LogP contribution in [0, 0.1) is 22.5 Å². The fraction of sp³-hybridized carbons (Fsp3) is 0.692. The second kappa shape index (κ2) is 6.66. The van der Waals surface area contributed by atoms with Crippen molar-refractivity contribution in [1.82, 2.24) is 15.1 Å². The van der Waals surface area contributed by atoms with Crippen molar-refractivity contribution in [1.29, 1.82) is 0 Å². The van der Waals surface area contributed by atoms with E-state index in [4.69, 9.17) is 5.11 Å². The molecule has 1 amide bonds. The number of amides is 1. The van der Waals surface area contributed by atoms with Gasteiger partial charge in [0, 0.05) is 20.2 Å². The number of rotatable bonds is 7. The van der Waals surface area contributed by atoms with Crippen LogP contribution in [0.1, 0.15) is 42.9 Å². The first-order chi connectivity index (χ1) is 9.69. The van der Waals surface area contributed by atoms with E-state index in [-0.39, 0.29) is 29.1 Å². The van der Waals surface area contributed by atoms with Crippen LogP contribution in [0.3, 0.4) is 0 Å². The third kappa shape index (κ3) is 4.25. The molecular formula is C13H22N4O4. The monoisotopic (exact) mass is 298 g/mol. The van der Waals surface area contributed by atoms with Crippen LogP contribution >= 0.6 is 0 Å². The van der Waals surface area contributed by atoms with Gasteiger partial charge in [0.2, 0.25) is 5.69 Å². The number of nitro groups is 1. The Balaban J connectivity index is 2.67. The summed E-state index contributed by atoms with van der Waals surface area (Å²) in [6.45, 7) is 5.84. The average molecular weight is 298 g/mol. The Labute approximate surface area is 123 Å². The van der Waals surface area contributed by atoms with E-state index in [1.165, 1.54) is 18.7 Å². The zero-order chi connectivity index (χ0) is 16.2. The lowest BCUT2D eigenvalue weighted by molar-refractivity contribution is -0.385. The van der Waals surface area contributed by atoms with E-state index in [0.717, 1.165) is 6.42 Å². The van der Waals surface area contributed by atoms with Gasteiger partial charge in [-0.15, -0.1) is 0 Å². The molecule has 2 N–H and O–H groups in total. The molecule has 0 radical (unpaired) electrons. The van der Waals surface area contributed by atoms with Crippen LogP contribution in [0.4, 0.5) is 5.69 Å². The maximum atomic E-state index is 12.1. The number of nitrogens with one attached hydrogen (secondary N) is 1. The number of aliphatic hydroxyl groups is 1. The molecular weight excluding hydrogens is 276 g/mol. The van der Waals surface area contributed by atoms with Gasteiger partial charge in [0.1, 0.15) is 5.69 Å². The third-order valence-electron chi connectivity index (χ3n) is 3.33. The summed E-state index contributed by atoms with van der Waals surface area (Å²) in [6, 6.07) is 0. The Kier molecular flexibility index (Phi) is 5.42. The number of hydrogen-bond donors (Lipinski definition) is 2. The molecule has 0 fully saturated rings. The van der Waals surface area contributed by atoms with Crippen molar-refractivity contribution in [3.8, 4) is 0 Å². The summed E-state index contributed by atoms with van der Waals surface area (Å²) in [5.41, 5.74) is -0.279. The van der Waals surface area contributed by atoms with Crippen LogP contribution in [0.5, 0.6) is 0 Å². The second-order valence-electron chi connectivity index (χ2n) is 5.85. The Hall–Kier alpha value is -1.96. The third-order valence-corrected chi connectivity index (χ3v) is 3.33. The SMILES string of the molecule is Cc1nn(C)c(C(=O)NCCCC(C)(C)CO)c1[N+](=O)[O-]. The fourth-order valence-electron chi connectivity index (χ4n) is 2.05. The topological polar surface area (TPSA) is 110 Å². The van der Waals surface area contributed by atoms with Crippen molar-refractivity contribution in [2.45, 2.75) is 33.6 Å². The standard InChI is InChI=1S/C13H22N4O4/c1-9-10(17(20)21)11(16(4)15-9)12(19)14-7-5-6-13(2,3)8-18/h18H,5-8H2,1-4H3,(H,14,19). The summed E-state index contributed by atoms with van der Waals surface area (Å²) in [5.74, 6) is -0.508. The van der Waals surface area contributed by atoms with Crippen molar-refractivity contribution < 1.29 is 14.8 Å². The Morgan fingerprint density at radius 3 is 2.67 bits per heavy atom. The average Bonchev–Trinajstić information content (AvgIpc) is 2.69. The van der Waals surface area contributed by atoms with Crippen molar-refractivity contribution >= 4 is 11.6 Å². The molecule has 0 bridgehead atoms. The summed E-state index contributed by atoms with van der Waals surface area (Å²) in [7, 11) is 1.50. The summed E-state index contributed by atoms with van der Waals surface area (Å²) in [4.78, 5) is 22.5. The van der Waals surface area contributed by atoms with Crippen LogP contribution in [0.25, 0.3) is 0 Å². The van der Waals surface area contributed by atoms with Gasteiger partial charge >= 0.3 is 5.69 Å². The number of carbonyl (C=O) groups excluding carboxylic acids is 1. The van der Waals surface area contributed by atoms with Gasteiger partial charge in [0.05, 0.1) is 4.92 Å². The summed E-state index contributed by atoms with van der Waals surface area (Å²) in [6.07, 6.45) is 1.43. The van der Waals surface area contributed by atoms with Gasteiger partial charge in [-0.1, -0.05) is 13.8 Å². The molecule has 0 saturated heterocycles. The molecule has 0 aliphatic carbocycles. The molecule has 0 aliphatic rings. The molecule has 0 atom stereocenters. The molecule has 8 heteroatoms. The van der Waals surface area contributed by atoms with E-state index in [1.807, 2.05) is 13.8 Å². The minimum atomic E-state index is -0.591. The number of aliphatic hydroxyl groups excluding tert-OH is 1. The number of nitrogens with zero attached hydrogens (tertiary/aromatic N) is 3. The molecule has 0 aliphatic heterocycles. The number of hydrogen-bond acceptors (Lipinski definition) is 5. The van der Waals surface area contributed by atoms with Gasteiger partial charge in [0.15, 0.2) is 0 Å². The zero-order valence-corrected chi connectivity index (χ0v) is 12.8. The van der Waals surface area contributed by atoms with Crippen molar-refractivity contribution in [3.05, 3.63) is 21.5 Å². The Morgan fingerprint density at radius 2 is 2.14 bits per heavy atom. The van der Waals surface area contributed by atoms with Crippen LogP contribution in [-0.2, 0) is 7.05 Å². The van der Waals surface area contributed by atoms with E-state index in [1.54, 1.807) is 0 Å². The molecule has 118 valence electrons. The molecule has 0 aromatic carbocycles. The van der Waals surface area contributed by atoms with E-state index in [2.05, 4.69) is 10.4 Å². The quantitative estimate of drug-likeness (QED) is 0.446. The van der Waals surface area contributed by atoms with Gasteiger partial charge in [-0.3, -0.25) is 19.6 Å². The van der Waals surface area contributed by atoms with Crippen LogP contribution < -0.4 is 5.32 Å². The minimum Gasteiger partial charge on any atom is -0.396 e. The zero-order valence-electron chi connectivity index (χ0n) is 12.8. The highest BCUT2D eigenvalue weighted by molar-refractivity contribution is 5.96. The first-order valence-corrected chi connectivity index (χ1v) is 6.76. The van der Waals surface area contributed by atoms with Crippen LogP contribution in [-0.4, -0.2) is 38.9 Å². The van der Waals surface area contributed by atoms with Gasteiger partial charge < -0.3 is 10.4 Å². The molecule has 8 nitrogen and oxygen atoms in total. The maximum absolute atomic E-state index is 12.1. The number of carbonyl (C=O) groups is 1. The molecule has 0 unspecified atom stereocenters. The molecule has 1 rings (SSSR count). The minimum absolute atomic E-state index is 0.0427. The molecule has 1 aromatic rings. The van der Waals surface area contributed by atoms with Crippen LogP contribution in [0.15, 0.2) is 0 Å². The fourth-order valence-corrected chi connectivity index (χ4v) is 2.05. The predicted octanol–water partition coefficient (Wildman–Crippen LogP) is 1.17. The number of aromatic nitrogens is 2. The predicted molar refractivity (Wildman–Crippen MR) is 77.0 cm³/mol. The number of aryl methyl sites for hydroxylation is 2. The lowest BCUT2D eigenvalue weighted by Crippen LogP contribution is -2.28. The molecule has 0 spiro atoms. The first kappa shape index (κ1) is 17.1. The smallest absolute Gasteiger partial charge is 0.322 e. The van der Waals surface area contributed by atoms with E-state index >= 15 is 0 Å². The summed E-state index contributed by atoms with van der Waals surface area (Å²) in [5, 5.41) is 26.7. The molecule has 21 heavy (non-hydrogen) atoms. The normalized spacial score (nSPS) is 11.5. The van der Waals surface area contributed by atoms with Gasteiger partial charge in [-0.25, -0.2) is 0 Å². The highest BCUT2D eigenvalue weighted by atomic mass is 16.6. The van der Waals surface area contributed by atoms with Crippen LogP contribution in [0.2, 0.25) is 0 Å². The lowest BCUT2D eigenvalue weighted by atomic mass is 9.89. The van der Waals surface area contributed by atoms with Gasteiger partial charge in [-0.2, -0.15) is 5.10 Å². The Bertz CT molecular complexity index is 537. The van der Waals surface area contributed by atoms with Gasteiger partial charge in [0.25, 0.3) is 5.91 Å². The Morgan fingerprint density at radius 1 is 1.52 bits per heavy atom. The lowest BCUT2D eigenvalue weighted by Gasteiger charge is -2.21. The largest absolute Gasteiger partial charge is 0.396 e. The second-order valence-corrected chi connectivity index (χ2v) is 5.85. The molecule has 0 saturated carbocycles. The van der Waals surface area contributed by atoms with E-state index in [0.29, 0.717) is 13.0 Å². The summed E-state index contributed by atoms with van der Waals surface area (Å²) >= 11 is 0. The van der Waals surface area contributed by atoms with Crippen molar-refractivity contribution in [3.63, 3.8) is 0 Å². The van der Waals surface area contributed by atoms with E-state index in [9.17, 15) is 14.9 Å². The van der Waals surface area contributed by atoms with E-state index < -0.39 is 10.8 Å². The highest BCUT2D eigenvalue weighted by Crippen LogP contribution is 2.22. The summed E-state index contributed by atoms with van der Waals surface area (Å²) < 4.78 is 1.22. The first-order valence-electron chi connectivity index (χ1n) is 6.76. The van der Waals surface area contributed by atoms with Crippen molar-refractivity contribution in [2.75, 3.05) is 13.2 Å².